The van der Waals surface area contributed by atoms with Gasteiger partial charge in [0.2, 0.25) is 5.91 Å². The van der Waals surface area contributed by atoms with Crippen LogP contribution in [0.25, 0.3) is 0 Å². The number of nitrogens with one attached hydrogen (secondary N) is 1. The second kappa shape index (κ2) is 6.17. The van der Waals surface area contributed by atoms with Crippen molar-refractivity contribution in [3.05, 3.63) is 0 Å². The number of carbonyl (C=O) groups excluding carboxylic acids is 1. The Labute approximate surface area is 107 Å². The van der Waals surface area contributed by atoms with E-state index in [1.807, 2.05) is 0 Å². The normalized spacial score (nSPS) is 24.5. The molecule has 1 aliphatic rings. The summed E-state index contributed by atoms with van der Waals surface area (Å²) in [7, 11) is -3.08. The third-order valence-corrected chi connectivity index (χ3v) is 4.11. The highest BCUT2D eigenvalue weighted by atomic mass is 32.2. The van der Waals surface area contributed by atoms with Gasteiger partial charge in [-0.05, 0) is 19.3 Å². The molecule has 18 heavy (non-hydrogen) atoms. The molecule has 0 aromatic heterocycles. The maximum Gasteiger partial charge on any atom is 0.306 e. The minimum Gasteiger partial charge on any atom is -0.481 e. The lowest BCUT2D eigenvalue weighted by Crippen LogP contribution is -2.37. The van der Waals surface area contributed by atoms with Crippen molar-refractivity contribution < 1.29 is 23.1 Å². The molecule has 2 unspecified atom stereocenters. The molecule has 1 aliphatic carbocycles. The van der Waals surface area contributed by atoms with Gasteiger partial charge in [0.05, 0.1) is 11.7 Å². The Morgan fingerprint density at radius 3 is 2.44 bits per heavy atom. The van der Waals surface area contributed by atoms with Crippen LogP contribution in [0.3, 0.4) is 0 Å². The van der Waals surface area contributed by atoms with Gasteiger partial charge in [-0.15, -0.1) is 0 Å². The van der Waals surface area contributed by atoms with Gasteiger partial charge in [-0.1, -0.05) is 6.42 Å². The third kappa shape index (κ3) is 5.03. The summed E-state index contributed by atoms with van der Waals surface area (Å²) < 4.78 is 21.8. The number of rotatable bonds is 5. The fourth-order valence-corrected chi connectivity index (χ4v) is 2.63. The summed E-state index contributed by atoms with van der Waals surface area (Å²) in [4.78, 5) is 22.6. The van der Waals surface area contributed by atoms with Crippen LogP contribution in [-0.2, 0) is 19.4 Å². The van der Waals surface area contributed by atoms with E-state index in [0.717, 1.165) is 12.7 Å². The lowest BCUT2D eigenvalue weighted by atomic mass is 9.81. The van der Waals surface area contributed by atoms with Crippen molar-refractivity contribution in [2.75, 3.05) is 18.6 Å². The van der Waals surface area contributed by atoms with Crippen molar-refractivity contribution in [1.29, 1.82) is 0 Å². The molecule has 0 bridgehead atoms. The van der Waals surface area contributed by atoms with E-state index in [1.54, 1.807) is 0 Å². The molecule has 1 rings (SSSR count). The Morgan fingerprint density at radius 2 is 1.89 bits per heavy atom. The van der Waals surface area contributed by atoms with Crippen molar-refractivity contribution in [2.45, 2.75) is 25.7 Å². The Hall–Kier alpha value is -1.11. The molecule has 1 fully saturated rings. The summed E-state index contributed by atoms with van der Waals surface area (Å²) in [6.07, 6.45) is 3.47. The number of aliphatic carboxylic acids is 1. The first kappa shape index (κ1) is 14.9. The van der Waals surface area contributed by atoms with E-state index < -0.39 is 21.7 Å². The predicted molar refractivity (Wildman–Crippen MR) is 65.8 cm³/mol. The van der Waals surface area contributed by atoms with Gasteiger partial charge >= 0.3 is 5.97 Å². The van der Waals surface area contributed by atoms with Gasteiger partial charge in [-0.25, -0.2) is 8.42 Å². The van der Waals surface area contributed by atoms with Crippen LogP contribution in [0.2, 0.25) is 0 Å². The fourth-order valence-electron chi connectivity index (χ4n) is 2.16. The van der Waals surface area contributed by atoms with E-state index in [1.165, 1.54) is 0 Å². The molecule has 0 spiro atoms. The van der Waals surface area contributed by atoms with Crippen LogP contribution >= 0.6 is 0 Å². The number of carbonyl (C=O) groups is 2. The number of carboxylic acids is 1. The molecular formula is C11H19NO5S. The first-order valence-corrected chi connectivity index (χ1v) is 8.04. The number of amides is 1. The quantitative estimate of drug-likeness (QED) is 0.739. The van der Waals surface area contributed by atoms with Crippen LogP contribution in [0.5, 0.6) is 0 Å². The maximum absolute atomic E-state index is 11.8. The molecule has 0 aromatic rings. The van der Waals surface area contributed by atoms with Crippen LogP contribution in [0, 0.1) is 11.8 Å². The highest BCUT2D eigenvalue weighted by molar-refractivity contribution is 7.90. The molecule has 1 amide bonds. The molecule has 1 saturated carbocycles. The largest absolute Gasteiger partial charge is 0.481 e. The van der Waals surface area contributed by atoms with Crippen molar-refractivity contribution in [3.63, 3.8) is 0 Å². The first-order chi connectivity index (χ1) is 8.29. The number of hydrogen-bond donors (Lipinski definition) is 2. The minimum absolute atomic E-state index is 0.0892. The molecule has 0 aromatic carbocycles. The minimum atomic E-state index is -3.08. The van der Waals surface area contributed by atoms with E-state index >= 15 is 0 Å². The van der Waals surface area contributed by atoms with Gasteiger partial charge in [-0.3, -0.25) is 9.59 Å². The Morgan fingerprint density at radius 1 is 1.28 bits per heavy atom. The number of carboxylic acid groups (broad SMARTS) is 1. The summed E-state index contributed by atoms with van der Waals surface area (Å²) in [5.74, 6) is -1.94. The van der Waals surface area contributed by atoms with Crippen LogP contribution in [0.1, 0.15) is 25.7 Å². The smallest absolute Gasteiger partial charge is 0.306 e. The van der Waals surface area contributed by atoms with E-state index in [2.05, 4.69) is 5.32 Å². The molecule has 2 N–H and O–H groups in total. The molecule has 0 aliphatic heterocycles. The van der Waals surface area contributed by atoms with Crippen molar-refractivity contribution in [2.24, 2.45) is 11.8 Å². The molecule has 0 heterocycles. The van der Waals surface area contributed by atoms with Gasteiger partial charge < -0.3 is 10.4 Å². The van der Waals surface area contributed by atoms with E-state index in [0.29, 0.717) is 19.3 Å². The summed E-state index contributed by atoms with van der Waals surface area (Å²) in [5, 5.41) is 11.5. The van der Waals surface area contributed by atoms with Gasteiger partial charge in [-0.2, -0.15) is 0 Å². The van der Waals surface area contributed by atoms with Crippen LogP contribution < -0.4 is 5.32 Å². The fraction of sp³-hybridized carbons (Fsp3) is 0.818. The van der Waals surface area contributed by atoms with Crippen LogP contribution in [-0.4, -0.2) is 44.0 Å². The summed E-state index contributed by atoms with van der Waals surface area (Å²) >= 11 is 0. The monoisotopic (exact) mass is 277 g/mol. The zero-order valence-electron chi connectivity index (χ0n) is 10.4. The highest BCUT2D eigenvalue weighted by Crippen LogP contribution is 2.29. The van der Waals surface area contributed by atoms with E-state index in [9.17, 15) is 18.0 Å². The second-order valence-electron chi connectivity index (χ2n) is 4.82. The average Bonchev–Trinajstić information content (AvgIpc) is 2.27. The second-order valence-corrected chi connectivity index (χ2v) is 7.08. The van der Waals surface area contributed by atoms with Gasteiger partial charge in [0, 0.05) is 18.7 Å². The molecule has 2 atom stereocenters. The summed E-state index contributed by atoms with van der Waals surface area (Å²) in [6, 6.07) is 0. The van der Waals surface area contributed by atoms with E-state index in [-0.39, 0.29) is 24.1 Å². The molecule has 6 nitrogen and oxygen atoms in total. The summed E-state index contributed by atoms with van der Waals surface area (Å²) in [5.41, 5.74) is 0. The Kier molecular flexibility index (Phi) is 5.13. The molecule has 0 radical (unpaired) electrons. The number of hydrogen-bond acceptors (Lipinski definition) is 4. The average molecular weight is 277 g/mol. The SMILES string of the molecule is CS(=O)(=O)CCNC(=O)C1CCCC(C(=O)O)C1. The van der Waals surface area contributed by atoms with Crippen molar-refractivity contribution >= 4 is 21.7 Å². The third-order valence-electron chi connectivity index (χ3n) is 3.17. The van der Waals surface area contributed by atoms with Gasteiger partial charge in [0.25, 0.3) is 0 Å². The zero-order chi connectivity index (χ0) is 13.8. The number of sulfone groups is 1. The highest BCUT2D eigenvalue weighted by Gasteiger charge is 2.30. The van der Waals surface area contributed by atoms with Gasteiger partial charge in [0.15, 0.2) is 0 Å². The van der Waals surface area contributed by atoms with Crippen LogP contribution in [0.15, 0.2) is 0 Å². The molecule has 0 saturated heterocycles. The summed E-state index contributed by atoms with van der Waals surface area (Å²) in [6.45, 7) is 0.0892. The lowest BCUT2D eigenvalue weighted by Gasteiger charge is -2.25. The maximum atomic E-state index is 11.8. The zero-order valence-corrected chi connectivity index (χ0v) is 11.2. The standard InChI is InChI=1S/C11H19NO5S/c1-18(16,17)6-5-12-10(13)8-3-2-4-9(7-8)11(14)15/h8-9H,2-7H2,1H3,(H,12,13)(H,14,15). The van der Waals surface area contributed by atoms with E-state index in [4.69, 9.17) is 5.11 Å². The Bertz CT molecular complexity index is 417. The first-order valence-electron chi connectivity index (χ1n) is 5.98. The van der Waals surface area contributed by atoms with Crippen molar-refractivity contribution in [3.8, 4) is 0 Å². The lowest BCUT2D eigenvalue weighted by molar-refractivity contribution is -0.144. The predicted octanol–water partition coefficient (Wildman–Crippen LogP) is 0.0382. The molecule has 104 valence electrons. The van der Waals surface area contributed by atoms with Crippen molar-refractivity contribution in [1.82, 2.24) is 5.32 Å². The van der Waals surface area contributed by atoms with Crippen LogP contribution in [0.4, 0.5) is 0 Å². The topological polar surface area (TPSA) is 101 Å². The molecule has 7 heteroatoms. The van der Waals surface area contributed by atoms with Gasteiger partial charge in [0.1, 0.15) is 9.84 Å². The Balaban J connectivity index is 2.39. The molecular weight excluding hydrogens is 258 g/mol.